The summed E-state index contributed by atoms with van der Waals surface area (Å²) in [5.41, 5.74) is 0.426. The second-order valence-corrected chi connectivity index (χ2v) is 3.90. The van der Waals surface area contributed by atoms with Crippen molar-refractivity contribution in [3.8, 4) is 11.5 Å². The molecule has 2 N–H and O–H groups in total. The van der Waals surface area contributed by atoms with Crippen LogP contribution in [0.4, 0.5) is 0 Å². The monoisotopic (exact) mass is 270 g/mol. The third kappa shape index (κ3) is 3.26. The van der Waals surface area contributed by atoms with Gasteiger partial charge in [-0.1, -0.05) is 0 Å². The molecule has 2 rings (SSSR count). The number of phenols is 2. The molecule has 20 heavy (non-hydrogen) atoms. The Morgan fingerprint density at radius 3 is 1.25 bits per heavy atom. The van der Waals surface area contributed by atoms with Crippen LogP contribution in [0, 0.1) is 0 Å². The number of nitrogens with zero attached hydrogens (tertiary/aromatic N) is 2. The minimum Gasteiger partial charge on any atom is -0.508 e. The van der Waals surface area contributed by atoms with E-state index < -0.39 is 11.8 Å². The van der Waals surface area contributed by atoms with Crippen molar-refractivity contribution in [3.05, 3.63) is 59.7 Å². The van der Waals surface area contributed by atoms with Crippen LogP contribution >= 0.6 is 0 Å². The lowest BCUT2D eigenvalue weighted by atomic mass is 10.2. The fraction of sp³-hybridized carbons (Fsp3) is 0. The molecule has 100 valence electrons. The van der Waals surface area contributed by atoms with E-state index in [2.05, 4.69) is 10.2 Å². The van der Waals surface area contributed by atoms with Gasteiger partial charge >= 0.3 is 0 Å². The van der Waals surface area contributed by atoms with Gasteiger partial charge < -0.3 is 10.2 Å². The first kappa shape index (κ1) is 13.4. The maximum atomic E-state index is 11.6. The largest absolute Gasteiger partial charge is 0.508 e. The lowest BCUT2D eigenvalue weighted by molar-refractivity contribution is 0.0947. The Kier molecular flexibility index (Phi) is 3.85. The average molecular weight is 270 g/mol. The molecule has 0 saturated heterocycles. The van der Waals surface area contributed by atoms with Crippen LogP contribution in [0.3, 0.4) is 0 Å². The fourth-order valence-corrected chi connectivity index (χ4v) is 1.41. The van der Waals surface area contributed by atoms with E-state index in [-0.39, 0.29) is 22.6 Å². The highest BCUT2D eigenvalue weighted by Gasteiger charge is 2.07. The van der Waals surface area contributed by atoms with Gasteiger partial charge in [0.15, 0.2) is 0 Å². The predicted octanol–water partition coefficient (Wildman–Crippen LogP) is 2.53. The van der Waals surface area contributed by atoms with Crippen molar-refractivity contribution in [2.75, 3.05) is 0 Å². The van der Waals surface area contributed by atoms with E-state index in [1.807, 2.05) is 0 Å². The molecule has 0 fully saturated rings. The van der Waals surface area contributed by atoms with Gasteiger partial charge in [-0.25, -0.2) is 0 Å². The first-order valence-electron chi connectivity index (χ1n) is 5.65. The van der Waals surface area contributed by atoms with Crippen molar-refractivity contribution in [1.82, 2.24) is 0 Å². The van der Waals surface area contributed by atoms with Gasteiger partial charge in [0, 0.05) is 11.1 Å². The van der Waals surface area contributed by atoms with Crippen LogP contribution in [0.5, 0.6) is 11.5 Å². The zero-order valence-corrected chi connectivity index (χ0v) is 10.2. The Morgan fingerprint density at radius 1 is 0.650 bits per heavy atom. The van der Waals surface area contributed by atoms with Gasteiger partial charge in [0.2, 0.25) is 0 Å². The lowest BCUT2D eigenvalue weighted by Crippen LogP contribution is -1.97. The van der Waals surface area contributed by atoms with Gasteiger partial charge in [-0.15, -0.1) is 10.2 Å². The molecular formula is C14H10N2O4. The highest BCUT2D eigenvalue weighted by atomic mass is 16.3. The Bertz CT molecular complexity index is 601. The molecule has 0 aromatic heterocycles. The zero-order valence-electron chi connectivity index (χ0n) is 10.2. The van der Waals surface area contributed by atoms with Crippen LogP contribution in [0.15, 0.2) is 58.8 Å². The van der Waals surface area contributed by atoms with Gasteiger partial charge in [-0.3, -0.25) is 9.59 Å². The Labute approximate surface area is 114 Å². The van der Waals surface area contributed by atoms with E-state index in [9.17, 15) is 9.59 Å². The minimum atomic E-state index is -0.683. The van der Waals surface area contributed by atoms with Crippen molar-refractivity contribution in [2.45, 2.75) is 0 Å². The molecule has 2 aromatic rings. The third-order valence-electron chi connectivity index (χ3n) is 2.46. The van der Waals surface area contributed by atoms with E-state index in [4.69, 9.17) is 10.2 Å². The van der Waals surface area contributed by atoms with Crippen LogP contribution in [-0.4, -0.2) is 22.0 Å². The summed E-state index contributed by atoms with van der Waals surface area (Å²) in [5.74, 6) is -1.31. The number of carbonyl (C=O) groups excluding carboxylic acids is 2. The molecular weight excluding hydrogens is 260 g/mol. The van der Waals surface area contributed by atoms with E-state index in [0.29, 0.717) is 0 Å². The molecule has 0 aliphatic rings. The zero-order chi connectivity index (χ0) is 14.5. The summed E-state index contributed by atoms with van der Waals surface area (Å²) >= 11 is 0. The quantitative estimate of drug-likeness (QED) is 0.819. The standard InChI is InChI=1S/C14H10N2O4/c17-11-5-1-9(2-6-11)13(19)15-16-14(20)10-3-7-12(18)8-4-10/h1-8,17-18H. The smallest absolute Gasteiger partial charge is 0.295 e. The maximum Gasteiger partial charge on any atom is 0.295 e. The van der Waals surface area contributed by atoms with E-state index in [1.165, 1.54) is 48.5 Å². The van der Waals surface area contributed by atoms with Crippen molar-refractivity contribution in [2.24, 2.45) is 10.2 Å². The van der Waals surface area contributed by atoms with Gasteiger partial charge in [0.1, 0.15) is 11.5 Å². The predicted molar refractivity (Wildman–Crippen MR) is 69.7 cm³/mol. The number of rotatable bonds is 2. The second kappa shape index (κ2) is 5.75. The van der Waals surface area contributed by atoms with Crippen LogP contribution in [0.2, 0.25) is 0 Å². The minimum absolute atomic E-state index is 0.0265. The Hall–Kier alpha value is -3.02. The summed E-state index contributed by atoms with van der Waals surface area (Å²) in [5, 5.41) is 24.8. The van der Waals surface area contributed by atoms with Crippen molar-refractivity contribution in [3.63, 3.8) is 0 Å². The number of benzene rings is 2. The molecule has 6 nitrogen and oxygen atoms in total. The number of hydrogen-bond acceptors (Lipinski definition) is 4. The first-order valence-corrected chi connectivity index (χ1v) is 5.65. The highest BCUT2D eigenvalue weighted by molar-refractivity contribution is 5.98. The number of phenolic OH excluding ortho intramolecular Hbond substituents is 2. The average Bonchev–Trinajstić information content (AvgIpc) is 2.46. The van der Waals surface area contributed by atoms with Crippen molar-refractivity contribution < 1.29 is 19.8 Å². The molecule has 0 atom stereocenters. The molecule has 0 saturated carbocycles. The Balaban J connectivity index is 2.09. The normalized spacial score (nSPS) is 10.6. The first-order chi connectivity index (χ1) is 9.56. The molecule has 0 aliphatic carbocycles. The number of azo groups is 1. The maximum absolute atomic E-state index is 11.6. The van der Waals surface area contributed by atoms with E-state index in [0.717, 1.165) is 0 Å². The van der Waals surface area contributed by atoms with Crippen molar-refractivity contribution >= 4 is 11.8 Å². The summed E-state index contributed by atoms with van der Waals surface area (Å²) in [6, 6.07) is 10.9. The molecule has 0 aliphatic heterocycles. The van der Waals surface area contributed by atoms with E-state index >= 15 is 0 Å². The topological polar surface area (TPSA) is 99.3 Å². The molecule has 0 heterocycles. The molecule has 2 amide bonds. The summed E-state index contributed by atoms with van der Waals surface area (Å²) in [6.07, 6.45) is 0. The third-order valence-corrected chi connectivity index (χ3v) is 2.46. The van der Waals surface area contributed by atoms with Crippen LogP contribution in [-0.2, 0) is 0 Å². The number of hydrogen-bond donors (Lipinski definition) is 2. The van der Waals surface area contributed by atoms with Gasteiger partial charge in [0.05, 0.1) is 0 Å². The van der Waals surface area contributed by atoms with Crippen molar-refractivity contribution in [1.29, 1.82) is 0 Å². The second-order valence-electron chi connectivity index (χ2n) is 3.90. The van der Waals surface area contributed by atoms with Gasteiger partial charge in [-0.2, -0.15) is 0 Å². The molecule has 0 unspecified atom stereocenters. The molecule has 2 aromatic carbocycles. The summed E-state index contributed by atoms with van der Waals surface area (Å²) in [7, 11) is 0. The Morgan fingerprint density at radius 2 is 0.950 bits per heavy atom. The highest BCUT2D eigenvalue weighted by Crippen LogP contribution is 2.12. The van der Waals surface area contributed by atoms with E-state index in [1.54, 1.807) is 0 Å². The van der Waals surface area contributed by atoms with Crippen LogP contribution < -0.4 is 0 Å². The summed E-state index contributed by atoms with van der Waals surface area (Å²) < 4.78 is 0. The van der Waals surface area contributed by atoms with Crippen LogP contribution in [0.1, 0.15) is 20.7 Å². The molecule has 0 radical (unpaired) electrons. The van der Waals surface area contributed by atoms with Gasteiger partial charge in [0.25, 0.3) is 11.8 Å². The molecule has 0 spiro atoms. The fourth-order valence-electron chi connectivity index (χ4n) is 1.41. The summed E-state index contributed by atoms with van der Waals surface area (Å²) in [6.45, 7) is 0. The lowest BCUT2D eigenvalue weighted by Gasteiger charge is -1.96. The number of aromatic hydroxyl groups is 2. The number of amides is 2. The summed E-state index contributed by atoms with van der Waals surface area (Å²) in [4.78, 5) is 23.2. The van der Waals surface area contributed by atoms with Crippen LogP contribution in [0.25, 0.3) is 0 Å². The van der Waals surface area contributed by atoms with Gasteiger partial charge in [-0.05, 0) is 48.5 Å². The molecule has 0 bridgehead atoms. The molecule has 6 heteroatoms. The number of carbonyl (C=O) groups is 2. The SMILES string of the molecule is O=C(N=NC(=O)c1ccc(O)cc1)c1ccc(O)cc1.